The number of benzene rings is 1. The second kappa shape index (κ2) is 11.0. The van der Waals surface area contributed by atoms with Gasteiger partial charge in [0.05, 0.1) is 5.56 Å². The number of likely N-dealkylation sites (tertiary alicyclic amines) is 1. The van der Waals surface area contributed by atoms with Gasteiger partial charge in [0, 0.05) is 68.5 Å². The molecular weight excluding hydrogens is 441 g/mol. The van der Waals surface area contributed by atoms with Crippen LogP contribution in [-0.4, -0.2) is 53.0 Å². The lowest BCUT2D eigenvalue weighted by Crippen LogP contribution is -2.44. The molecule has 2 aliphatic heterocycles. The van der Waals surface area contributed by atoms with Crippen molar-refractivity contribution in [1.29, 1.82) is 0 Å². The Labute approximate surface area is 206 Å². The molecule has 1 N–H and O–H groups in total. The number of halogens is 1. The highest BCUT2D eigenvalue weighted by Gasteiger charge is 2.23. The summed E-state index contributed by atoms with van der Waals surface area (Å²) in [5.74, 6) is 0.217. The van der Waals surface area contributed by atoms with Crippen molar-refractivity contribution >= 4 is 11.7 Å². The Morgan fingerprint density at radius 1 is 0.971 bits per heavy atom. The number of piperidine rings is 2. The molecule has 1 amide bonds. The van der Waals surface area contributed by atoms with Gasteiger partial charge in [-0.25, -0.2) is 9.37 Å². The molecule has 7 heteroatoms. The minimum absolute atomic E-state index is 0.0415. The largest absolute Gasteiger partial charge is 0.357 e. The third-order valence-corrected chi connectivity index (χ3v) is 7.03. The summed E-state index contributed by atoms with van der Waals surface area (Å²) >= 11 is 0. The molecule has 35 heavy (non-hydrogen) atoms. The molecule has 1 aromatic carbocycles. The summed E-state index contributed by atoms with van der Waals surface area (Å²) in [4.78, 5) is 26.4. The highest BCUT2D eigenvalue weighted by Crippen LogP contribution is 2.25. The second-order valence-electron chi connectivity index (χ2n) is 9.51. The fourth-order valence-corrected chi connectivity index (χ4v) is 5.03. The van der Waals surface area contributed by atoms with Gasteiger partial charge in [-0.2, -0.15) is 0 Å². The van der Waals surface area contributed by atoms with Crippen molar-refractivity contribution in [1.82, 2.24) is 20.2 Å². The van der Waals surface area contributed by atoms with Gasteiger partial charge in [0.1, 0.15) is 11.6 Å². The number of pyridine rings is 2. The van der Waals surface area contributed by atoms with E-state index in [2.05, 4.69) is 32.2 Å². The monoisotopic (exact) mass is 473 g/mol. The van der Waals surface area contributed by atoms with Crippen LogP contribution in [0.3, 0.4) is 0 Å². The molecule has 2 aromatic heterocycles. The topological polar surface area (TPSA) is 61.4 Å². The van der Waals surface area contributed by atoms with Crippen molar-refractivity contribution in [2.24, 2.45) is 0 Å². The summed E-state index contributed by atoms with van der Waals surface area (Å²) in [6.07, 6.45) is 10.7. The number of carbonyl (C=O) groups excluding carboxylic acids is 1. The molecule has 182 valence electrons. The van der Waals surface area contributed by atoms with Crippen LogP contribution in [0.5, 0.6) is 0 Å². The highest BCUT2D eigenvalue weighted by molar-refractivity contribution is 5.96. The minimum atomic E-state index is -0.504. The summed E-state index contributed by atoms with van der Waals surface area (Å²) in [5.41, 5.74) is 2.34. The lowest BCUT2D eigenvalue weighted by Gasteiger charge is -2.32. The van der Waals surface area contributed by atoms with Crippen LogP contribution in [-0.2, 0) is 6.54 Å². The molecule has 0 radical (unpaired) electrons. The standard InChI is InChI=1S/C28H32FN5O/c29-27-24(22-6-5-13-30-19-22)7-4-8-25(27)28(35)32-23-11-16-33(17-12-23)20-21-9-10-26(31-18-21)34-14-2-1-3-15-34/h4-10,13,18-19,23H,1-3,11-12,14-17,20H2,(H,32,35). The van der Waals surface area contributed by atoms with Crippen LogP contribution in [0.1, 0.15) is 48.0 Å². The van der Waals surface area contributed by atoms with Gasteiger partial charge in [-0.05, 0) is 55.9 Å². The van der Waals surface area contributed by atoms with E-state index in [9.17, 15) is 4.79 Å². The lowest BCUT2D eigenvalue weighted by molar-refractivity contribution is 0.0905. The van der Waals surface area contributed by atoms with Crippen LogP contribution in [0.4, 0.5) is 10.2 Å². The first-order valence-electron chi connectivity index (χ1n) is 12.6. The third kappa shape index (κ3) is 5.68. The van der Waals surface area contributed by atoms with Gasteiger partial charge in [-0.3, -0.25) is 14.7 Å². The third-order valence-electron chi connectivity index (χ3n) is 7.03. The van der Waals surface area contributed by atoms with E-state index in [1.54, 1.807) is 42.7 Å². The number of nitrogens with one attached hydrogen (secondary N) is 1. The molecular formula is C28H32FN5O. The first-order valence-corrected chi connectivity index (χ1v) is 12.6. The minimum Gasteiger partial charge on any atom is -0.357 e. The first-order chi connectivity index (χ1) is 17.2. The van der Waals surface area contributed by atoms with Crippen LogP contribution < -0.4 is 10.2 Å². The summed E-state index contributed by atoms with van der Waals surface area (Å²) in [5, 5.41) is 3.04. The maximum Gasteiger partial charge on any atom is 0.254 e. The number of anilines is 1. The zero-order valence-corrected chi connectivity index (χ0v) is 20.0. The van der Waals surface area contributed by atoms with Gasteiger partial charge in [0.2, 0.25) is 0 Å². The zero-order valence-electron chi connectivity index (χ0n) is 20.0. The number of nitrogens with zero attached hydrogens (tertiary/aromatic N) is 4. The SMILES string of the molecule is O=C(NC1CCN(Cc2ccc(N3CCCCC3)nc2)CC1)c1cccc(-c2cccnc2)c1F. The Bertz CT molecular complexity index is 1120. The number of hydrogen-bond donors (Lipinski definition) is 1. The van der Waals surface area contributed by atoms with Gasteiger partial charge in [-0.15, -0.1) is 0 Å². The molecule has 4 heterocycles. The number of hydrogen-bond acceptors (Lipinski definition) is 5. The van der Waals surface area contributed by atoms with Gasteiger partial charge < -0.3 is 10.2 Å². The molecule has 2 fully saturated rings. The lowest BCUT2D eigenvalue weighted by atomic mass is 10.0. The van der Waals surface area contributed by atoms with E-state index in [4.69, 9.17) is 4.98 Å². The highest BCUT2D eigenvalue weighted by atomic mass is 19.1. The normalized spacial score (nSPS) is 17.3. The molecule has 0 aliphatic carbocycles. The molecule has 6 nitrogen and oxygen atoms in total. The van der Waals surface area contributed by atoms with E-state index in [1.165, 1.54) is 24.8 Å². The van der Waals surface area contributed by atoms with E-state index in [0.29, 0.717) is 11.1 Å². The molecule has 5 rings (SSSR count). The van der Waals surface area contributed by atoms with E-state index in [1.807, 2.05) is 6.20 Å². The molecule has 0 unspecified atom stereocenters. The predicted molar refractivity (Wildman–Crippen MR) is 136 cm³/mol. The fourth-order valence-electron chi connectivity index (χ4n) is 5.03. The quantitative estimate of drug-likeness (QED) is 0.564. The molecule has 3 aromatic rings. The number of carbonyl (C=O) groups is 1. The average Bonchev–Trinajstić information content (AvgIpc) is 2.91. The van der Waals surface area contributed by atoms with Crippen molar-refractivity contribution < 1.29 is 9.18 Å². The van der Waals surface area contributed by atoms with Crippen molar-refractivity contribution in [3.63, 3.8) is 0 Å². The first kappa shape index (κ1) is 23.4. The van der Waals surface area contributed by atoms with Crippen LogP contribution in [0.25, 0.3) is 11.1 Å². The summed E-state index contributed by atoms with van der Waals surface area (Å²) in [7, 11) is 0. The average molecular weight is 474 g/mol. The van der Waals surface area contributed by atoms with Gasteiger partial charge in [0.15, 0.2) is 0 Å². The van der Waals surface area contributed by atoms with Crippen molar-refractivity contribution in [2.45, 2.75) is 44.7 Å². The summed E-state index contributed by atoms with van der Waals surface area (Å²) in [6.45, 7) is 4.83. The van der Waals surface area contributed by atoms with E-state index in [-0.39, 0.29) is 17.5 Å². The van der Waals surface area contributed by atoms with Crippen molar-refractivity contribution in [3.8, 4) is 11.1 Å². The van der Waals surface area contributed by atoms with Gasteiger partial charge in [0.25, 0.3) is 5.91 Å². The van der Waals surface area contributed by atoms with Crippen LogP contribution in [0.2, 0.25) is 0 Å². The van der Waals surface area contributed by atoms with Crippen LogP contribution in [0, 0.1) is 5.82 Å². The maximum absolute atomic E-state index is 15.1. The van der Waals surface area contributed by atoms with E-state index >= 15 is 4.39 Å². The Balaban J connectivity index is 1.13. The maximum atomic E-state index is 15.1. The van der Waals surface area contributed by atoms with Gasteiger partial charge >= 0.3 is 0 Å². The molecule has 0 bridgehead atoms. The molecule has 2 saturated heterocycles. The zero-order chi connectivity index (χ0) is 24.0. The van der Waals surface area contributed by atoms with E-state index < -0.39 is 5.82 Å². The van der Waals surface area contributed by atoms with Crippen molar-refractivity contribution in [2.75, 3.05) is 31.1 Å². The van der Waals surface area contributed by atoms with Crippen LogP contribution in [0.15, 0.2) is 61.1 Å². The summed E-state index contributed by atoms with van der Waals surface area (Å²) < 4.78 is 15.1. The second-order valence-corrected chi connectivity index (χ2v) is 9.51. The Morgan fingerprint density at radius 3 is 2.51 bits per heavy atom. The molecule has 2 aliphatic rings. The molecule has 0 saturated carbocycles. The molecule has 0 spiro atoms. The Morgan fingerprint density at radius 2 is 1.80 bits per heavy atom. The predicted octanol–water partition coefficient (Wildman–Crippen LogP) is 4.67. The number of aromatic nitrogens is 2. The Hall–Kier alpha value is -3.32. The van der Waals surface area contributed by atoms with Crippen molar-refractivity contribution in [3.05, 3.63) is 78.0 Å². The number of rotatable bonds is 6. The fraction of sp³-hybridized carbons (Fsp3) is 0.393. The Kier molecular flexibility index (Phi) is 7.33. The smallest absolute Gasteiger partial charge is 0.254 e. The number of amides is 1. The van der Waals surface area contributed by atoms with E-state index in [0.717, 1.165) is 51.4 Å². The van der Waals surface area contributed by atoms with Crippen LogP contribution >= 0.6 is 0 Å². The van der Waals surface area contributed by atoms with Gasteiger partial charge in [-0.1, -0.05) is 24.3 Å². The molecule has 0 atom stereocenters. The summed E-state index contributed by atoms with van der Waals surface area (Å²) in [6, 6.07) is 12.8.